The molecule has 1 aliphatic rings. The Balaban J connectivity index is 2.00. The first-order valence-electron chi connectivity index (χ1n) is 9.94. The number of amides is 1. The van der Waals surface area contributed by atoms with Gasteiger partial charge in [-0.25, -0.2) is 0 Å². The third-order valence-corrected chi connectivity index (χ3v) is 8.82. The van der Waals surface area contributed by atoms with Gasteiger partial charge in [-0.1, -0.05) is 57.7 Å². The minimum atomic E-state index is -2.47. The molecule has 5 nitrogen and oxygen atoms in total. The highest BCUT2D eigenvalue weighted by molar-refractivity contribution is 8.50. The summed E-state index contributed by atoms with van der Waals surface area (Å²) in [5, 5.41) is 0. The molecule has 0 aromatic heterocycles. The average Bonchev–Trinajstić information content (AvgIpc) is 2.90. The van der Waals surface area contributed by atoms with E-state index in [1.165, 1.54) is 17.4 Å². The molecule has 0 bridgehead atoms. The SMILES string of the molecule is C=C1C(=O)N(CCOC(C)=O)C(=S)S1(Oc1ccc(C(C)(C)C)cc1)c1ccccc1. The van der Waals surface area contributed by atoms with Crippen LogP contribution in [0, 0.1) is 0 Å². The number of nitrogens with zero attached hydrogens (tertiary/aromatic N) is 1. The summed E-state index contributed by atoms with van der Waals surface area (Å²) in [7, 11) is -2.47. The van der Waals surface area contributed by atoms with Crippen molar-refractivity contribution in [3.63, 3.8) is 0 Å². The maximum Gasteiger partial charge on any atom is 0.302 e. The zero-order chi connectivity index (χ0) is 22.8. The first-order valence-corrected chi connectivity index (χ1v) is 11.9. The van der Waals surface area contributed by atoms with Crippen LogP contribution in [0.1, 0.15) is 33.3 Å². The lowest BCUT2D eigenvalue weighted by Crippen LogP contribution is -2.33. The molecule has 7 heteroatoms. The lowest BCUT2D eigenvalue weighted by atomic mass is 9.87. The highest BCUT2D eigenvalue weighted by Crippen LogP contribution is 2.67. The van der Waals surface area contributed by atoms with Crippen molar-refractivity contribution in [2.45, 2.75) is 38.0 Å². The van der Waals surface area contributed by atoms with Gasteiger partial charge in [-0.05, 0) is 47.5 Å². The smallest absolute Gasteiger partial charge is 0.302 e. The predicted molar refractivity (Wildman–Crippen MR) is 128 cm³/mol. The molecule has 0 radical (unpaired) electrons. The topological polar surface area (TPSA) is 55.8 Å². The Bertz CT molecular complexity index is 1010. The van der Waals surface area contributed by atoms with Crippen LogP contribution in [0.25, 0.3) is 0 Å². The predicted octanol–water partition coefficient (Wildman–Crippen LogP) is 5.35. The molecule has 164 valence electrons. The van der Waals surface area contributed by atoms with Crippen molar-refractivity contribution in [1.82, 2.24) is 4.90 Å². The summed E-state index contributed by atoms with van der Waals surface area (Å²) in [6.07, 6.45) is 0. The zero-order valence-corrected chi connectivity index (χ0v) is 19.8. The monoisotopic (exact) mass is 457 g/mol. The normalized spacial score (nSPS) is 21.0. The van der Waals surface area contributed by atoms with Crippen molar-refractivity contribution < 1.29 is 18.5 Å². The highest BCUT2D eigenvalue weighted by Gasteiger charge is 2.51. The van der Waals surface area contributed by atoms with Gasteiger partial charge in [-0.3, -0.25) is 14.5 Å². The summed E-state index contributed by atoms with van der Waals surface area (Å²) in [5.41, 5.74) is 1.19. The molecule has 1 fully saturated rings. The van der Waals surface area contributed by atoms with E-state index in [4.69, 9.17) is 21.1 Å². The molecule has 1 atom stereocenters. The van der Waals surface area contributed by atoms with E-state index in [1.807, 2.05) is 54.6 Å². The second kappa shape index (κ2) is 8.85. The van der Waals surface area contributed by atoms with Gasteiger partial charge in [0.05, 0.1) is 11.4 Å². The van der Waals surface area contributed by atoms with E-state index in [-0.39, 0.29) is 24.5 Å². The van der Waals surface area contributed by atoms with Gasteiger partial charge < -0.3 is 8.92 Å². The van der Waals surface area contributed by atoms with Crippen LogP contribution < -0.4 is 4.18 Å². The fourth-order valence-corrected chi connectivity index (χ4v) is 6.85. The van der Waals surface area contributed by atoms with Crippen molar-refractivity contribution in [2.24, 2.45) is 0 Å². The van der Waals surface area contributed by atoms with E-state index >= 15 is 0 Å². The zero-order valence-electron chi connectivity index (χ0n) is 18.2. The van der Waals surface area contributed by atoms with Crippen molar-refractivity contribution in [1.29, 1.82) is 0 Å². The Kier molecular flexibility index (Phi) is 6.57. The number of benzene rings is 2. The summed E-state index contributed by atoms with van der Waals surface area (Å²) in [6.45, 7) is 12.1. The van der Waals surface area contributed by atoms with Crippen molar-refractivity contribution >= 4 is 38.7 Å². The average molecular weight is 458 g/mol. The number of carbonyl (C=O) groups excluding carboxylic acids is 2. The van der Waals surface area contributed by atoms with E-state index in [9.17, 15) is 9.59 Å². The molecule has 1 saturated heterocycles. The van der Waals surface area contributed by atoms with Gasteiger partial charge in [0.2, 0.25) is 0 Å². The van der Waals surface area contributed by atoms with Gasteiger partial charge in [-0.15, -0.1) is 0 Å². The maximum atomic E-state index is 13.1. The molecule has 0 spiro atoms. The van der Waals surface area contributed by atoms with Crippen LogP contribution in [0.4, 0.5) is 0 Å². The molecule has 0 aliphatic carbocycles. The molecule has 1 unspecified atom stereocenters. The van der Waals surface area contributed by atoms with Gasteiger partial charge in [0.25, 0.3) is 5.91 Å². The van der Waals surface area contributed by atoms with Crippen LogP contribution in [0.3, 0.4) is 0 Å². The van der Waals surface area contributed by atoms with Crippen LogP contribution in [-0.2, 0) is 19.7 Å². The third-order valence-electron chi connectivity index (χ3n) is 4.93. The number of hydrogen-bond acceptors (Lipinski definition) is 5. The lowest BCUT2D eigenvalue weighted by Gasteiger charge is -2.36. The van der Waals surface area contributed by atoms with Gasteiger partial charge in [0.15, 0.2) is 4.32 Å². The first kappa shape index (κ1) is 23.0. The van der Waals surface area contributed by atoms with Gasteiger partial charge in [0.1, 0.15) is 12.4 Å². The number of carbonyl (C=O) groups is 2. The Morgan fingerprint density at radius 2 is 1.71 bits per heavy atom. The summed E-state index contributed by atoms with van der Waals surface area (Å²) >= 11 is 5.79. The Morgan fingerprint density at radius 3 is 2.26 bits per heavy atom. The van der Waals surface area contributed by atoms with Crippen LogP contribution in [0.5, 0.6) is 5.75 Å². The van der Waals surface area contributed by atoms with Crippen molar-refractivity contribution in [2.75, 3.05) is 13.2 Å². The van der Waals surface area contributed by atoms with E-state index < -0.39 is 16.3 Å². The number of esters is 1. The Morgan fingerprint density at radius 1 is 1.10 bits per heavy atom. The maximum absolute atomic E-state index is 13.1. The number of hydrogen-bond donors (Lipinski definition) is 0. The summed E-state index contributed by atoms with van der Waals surface area (Å²) in [4.78, 5) is 26.8. The van der Waals surface area contributed by atoms with Crippen molar-refractivity contribution in [3.05, 3.63) is 71.6 Å². The molecular formula is C24H27NO4S2. The fraction of sp³-hybridized carbons (Fsp3) is 0.292. The Hall–Kier alpha value is -2.64. The molecule has 1 aliphatic heterocycles. The largest absolute Gasteiger partial charge is 0.464 e. The quantitative estimate of drug-likeness (QED) is 0.333. The van der Waals surface area contributed by atoms with E-state index in [2.05, 4.69) is 27.4 Å². The van der Waals surface area contributed by atoms with Crippen LogP contribution >= 0.6 is 22.5 Å². The van der Waals surface area contributed by atoms with E-state index in [1.54, 1.807) is 0 Å². The van der Waals surface area contributed by atoms with Crippen LogP contribution in [0.15, 0.2) is 71.0 Å². The number of thiocarbonyl (C=S) groups is 1. The van der Waals surface area contributed by atoms with Crippen LogP contribution in [-0.4, -0.2) is 34.2 Å². The molecule has 0 saturated carbocycles. The van der Waals surface area contributed by atoms with Gasteiger partial charge in [-0.2, -0.15) is 0 Å². The first-order chi connectivity index (χ1) is 14.6. The van der Waals surface area contributed by atoms with Crippen molar-refractivity contribution in [3.8, 4) is 5.75 Å². The van der Waals surface area contributed by atoms with E-state index in [0.717, 1.165) is 4.90 Å². The molecule has 2 aromatic carbocycles. The minimum Gasteiger partial charge on any atom is -0.464 e. The molecule has 1 heterocycles. The lowest BCUT2D eigenvalue weighted by molar-refractivity contribution is -0.142. The molecule has 3 rings (SSSR count). The molecule has 31 heavy (non-hydrogen) atoms. The fourth-order valence-electron chi connectivity index (χ4n) is 3.23. The summed E-state index contributed by atoms with van der Waals surface area (Å²) in [6, 6.07) is 17.3. The summed E-state index contributed by atoms with van der Waals surface area (Å²) in [5.74, 6) is -0.0967. The molecular weight excluding hydrogens is 430 g/mol. The Labute approximate surface area is 190 Å². The minimum absolute atomic E-state index is 0.0121. The summed E-state index contributed by atoms with van der Waals surface area (Å²) < 4.78 is 11.9. The highest BCUT2D eigenvalue weighted by atomic mass is 32.3. The third kappa shape index (κ3) is 4.52. The van der Waals surface area contributed by atoms with Gasteiger partial charge in [0, 0.05) is 22.1 Å². The second-order valence-corrected chi connectivity index (χ2v) is 11.5. The van der Waals surface area contributed by atoms with Gasteiger partial charge >= 0.3 is 5.97 Å². The standard InChI is InChI=1S/C24H27NO4S2/c1-17-22(27)25(15-16-28-18(2)26)23(30)31(17,21-9-7-6-8-10-21)29-20-13-11-19(12-14-20)24(3,4)5/h6-14H,1,15-16H2,2-5H3. The molecule has 1 amide bonds. The van der Waals surface area contributed by atoms with E-state index in [0.29, 0.717) is 15.0 Å². The molecule has 0 N–H and O–H groups in total. The number of rotatable bonds is 6. The number of ether oxygens (including phenoxy) is 1. The van der Waals surface area contributed by atoms with Crippen LogP contribution in [0.2, 0.25) is 0 Å². The molecule has 2 aromatic rings. The second-order valence-electron chi connectivity index (χ2n) is 8.21.